The van der Waals surface area contributed by atoms with Crippen molar-refractivity contribution in [1.82, 2.24) is 15.0 Å². The molecule has 0 bridgehead atoms. The number of pyridine rings is 2. The Bertz CT molecular complexity index is 1710. The van der Waals surface area contributed by atoms with Crippen molar-refractivity contribution >= 4 is 33.4 Å². The molecule has 1 unspecified atom stereocenters. The van der Waals surface area contributed by atoms with Crippen LogP contribution >= 0.6 is 0 Å². The van der Waals surface area contributed by atoms with Gasteiger partial charge in [0.05, 0.1) is 22.8 Å². The number of hydrazone groups is 1. The fourth-order valence-electron chi connectivity index (χ4n) is 5.04. The third kappa shape index (κ3) is 3.67. The van der Waals surface area contributed by atoms with Crippen LogP contribution in [0.3, 0.4) is 0 Å². The van der Waals surface area contributed by atoms with Gasteiger partial charge >= 0.3 is 0 Å². The van der Waals surface area contributed by atoms with Crippen LogP contribution in [0.5, 0.6) is 0 Å². The molecule has 6 nitrogen and oxygen atoms in total. The van der Waals surface area contributed by atoms with Crippen molar-refractivity contribution in [3.8, 4) is 11.1 Å². The fraction of sp³-hybridized carbons (Fsp3) is 0.133. The Hall–Kier alpha value is -4.58. The van der Waals surface area contributed by atoms with Gasteiger partial charge in [0.25, 0.3) is 5.56 Å². The number of H-pyrrole nitrogens is 1. The van der Waals surface area contributed by atoms with Gasteiger partial charge in [-0.2, -0.15) is 5.10 Å². The molecule has 3 aromatic carbocycles. The van der Waals surface area contributed by atoms with Gasteiger partial charge in [0.2, 0.25) is 5.91 Å². The predicted octanol–water partition coefficient (Wildman–Crippen LogP) is 5.83. The van der Waals surface area contributed by atoms with E-state index in [-0.39, 0.29) is 17.5 Å². The van der Waals surface area contributed by atoms with E-state index in [0.29, 0.717) is 24.1 Å². The summed E-state index contributed by atoms with van der Waals surface area (Å²) in [6, 6.07) is 27.3. The lowest BCUT2D eigenvalue weighted by molar-refractivity contribution is -0.132. The molecule has 0 radical (unpaired) electrons. The Morgan fingerprint density at radius 3 is 2.61 bits per heavy atom. The van der Waals surface area contributed by atoms with Crippen molar-refractivity contribution in [1.29, 1.82) is 0 Å². The van der Waals surface area contributed by atoms with Crippen molar-refractivity contribution in [2.45, 2.75) is 25.8 Å². The van der Waals surface area contributed by atoms with Crippen molar-refractivity contribution in [2.24, 2.45) is 5.10 Å². The Labute approximate surface area is 207 Å². The monoisotopic (exact) mass is 472 g/mol. The average molecular weight is 473 g/mol. The van der Waals surface area contributed by atoms with Crippen LogP contribution in [-0.4, -0.2) is 26.6 Å². The maximum atomic E-state index is 13.5. The zero-order chi connectivity index (χ0) is 24.6. The summed E-state index contributed by atoms with van der Waals surface area (Å²) in [5.41, 5.74) is 5.31. The highest BCUT2D eigenvalue weighted by Gasteiger charge is 2.35. The molecule has 0 saturated heterocycles. The molecule has 6 heteroatoms. The van der Waals surface area contributed by atoms with Crippen LogP contribution in [-0.2, 0) is 4.79 Å². The number of carbonyl (C=O) groups is 1. The Morgan fingerprint density at radius 2 is 1.78 bits per heavy atom. The normalized spacial score (nSPS) is 15.4. The van der Waals surface area contributed by atoms with E-state index in [2.05, 4.69) is 16.0 Å². The molecule has 3 heterocycles. The number of hydrogen-bond donors (Lipinski definition) is 1. The number of para-hydroxylation sites is 1. The fourth-order valence-corrected chi connectivity index (χ4v) is 5.04. The molecule has 6 rings (SSSR count). The smallest absolute Gasteiger partial charge is 0.258 e. The summed E-state index contributed by atoms with van der Waals surface area (Å²) in [7, 11) is 0. The summed E-state index contributed by atoms with van der Waals surface area (Å²) in [4.78, 5) is 34.0. The first kappa shape index (κ1) is 21.9. The summed E-state index contributed by atoms with van der Waals surface area (Å²) in [6.07, 6.45) is 2.53. The third-order valence-corrected chi connectivity index (χ3v) is 6.75. The van der Waals surface area contributed by atoms with E-state index in [0.717, 1.165) is 38.5 Å². The number of hydrogen-bond acceptors (Lipinski definition) is 4. The van der Waals surface area contributed by atoms with Gasteiger partial charge in [-0.3, -0.25) is 14.6 Å². The van der Waals surface area contributed by atoms with Crippen LogP contribution in [0.25, 0.3) is 32.9 Å². The molecule has 176 valence electrons. The quantitative estimate of drug-likeness (QED) is 0.357. The maximum Gasteiger partial charge on any atom is 0.258 e. The topological polar surface area (TPSA) is 78.4 Å². The van der Waals surface area contributed by atoms with Crippen LogP contribution in [0.4, 0.5) is 0 Å². The molecule has 1 amide bonds. The number of carbonyl (C=O) groups excluding carboxylic acids is 1. The molecule has 1 N–H and O–H groups in total. The lowest BCUT2D eigenvalue weighted by atomic mass is 9.91. The van der Waals surface area contributed by atoms with Crippen molar-refractivity contribution < 1.29 is 4.79 Å². The summed E-state index contributed by atoms with van der Waals surface area (Å²) in [6.45, 7) is 1.83. The highest BCUT2D eigenvalue weighted by molar-refractivity contribution is 6.12. The Morgan fingerprint density at radius 1 is 0.972 bits per heavy atom. The van der Waals surface area contributed by atoms with E-state index in [4.69, 9.17) is 5.10 Å². The minimum absolute atomic E-state index is 0.0836. The highest BCUT2D eigenvalue weighted by atomic mass is 16.2. The number of aromatic nitrogens is 2. The Kier molecular flexibility index (Phi) is 5.41. The first-order valence-electron chi connectivity index (χ1n) is 12.1. The number of fused-ring (bicyclic) bond motifs is 2. The van der Waals surface area contributed by atoms with E-state index >= 15 is 0 Å². The first-order valence-corrected chi connectivity index (χ1v) is 12.1. The minimum Gasteiger partial charge on any atom is -0.321 e. The highest BCUT2D eigenvalue weighted by Crippen LogP contribution is 2.37. The molecule has 0 saturated carbocycles. The van der Waals surface area contributed by atoms with Gasteiger partial charge in [0, 0.05) is 40.9 Å². The standard InChI is InChI=1S/C30H24N4O2/c1-2-27(35)34-26(21-14-15-23-20(17-21)11-8-16-31-23)18-25(33-34)29-28(19-9-4-3-5-10-19)22-12-6-7-13-24(22)32-30(29)36/h3-17,26H,2,18H2,1H3,(H,32,36). The molecule has 2 aromatic heterocycles. The predicted molar refractivity (Wildman–Crippen MR) is 143 cm³/mol. The number of aromatic amines is 1. The maximum absolute atomic E-state index is 13.5. The molecule has 36 heavy (non-hydrogen) atoms. The summed E-state index contributed by atoms with van der Waals surface area (Å²) in [5, 5.41) is 8.28. The zero-order valence-electron chi connectivity index (χ0n) is 19.8. The van der Waals surface area contributed by atoms with E-state index in [9.17, 15) is 9.59 Å². The largest absolute Gasteiger partial charge is 0.321 e. The molecule has 1 aliphatic rings. The van der Waals surface area contributed by atoms with Gasteiger partial charge in [-0.15, -0.1) is 0 Å². The molecule has 0 spiro atoms. The zero-order valence-corrected chi connectivity index (χ0v) is 19.8. The van der Waals surface area contributed by atoms with Gasteiger partial charge in [0.1, 0.15) is 0 Å². The number of nitrogens with one attached hydrogen (secondary N) is 1. The SMILES string of the molecule is CCC(=O)N1N=C(c2c(-c3ccccc3)c3ccccc3[nH]c2=O)CC1c1ccc2ncccc2c1. The van der Waals surface area contributed by atoms with Gasteiger partial charge in [0.15, 0.2) is 0 Å². The second-order valence-corrected chi connectivity index (χ2v) is 8.93. The van der Waals surface area contributed by atoms with Gasteiger partial charge in [-0.1, -0.05) is 67.6 Å². The second kappa shape index (κ2) is 8.89. The van der Waals surface area contributed by atoms with Crippen LogP contribution in [0.15, 0.2) is 101 Å². The molecular formula is C30H24N4O2. The molecule has 1 atom stereocenters. The van der Waals surface area contributed by atoms with Gasteiger partial charge in [-0.25, -0.2) is 5.01 Å². The molecule has 1 aliphatic heterocycles. The van der Waals surface area contributed by atoms with Gasteiger partial charge < -0.3 is 4.98 Å². The van der Waals surface area contributed by atoms with E-state index in [1.165, 1.54) is 0 Å². The van der Waals surface area contributed by atoms with Crippen LogP contribution < -0.4 is 5.56 Å². The number of nitrogens with zero attached hydrogens (tertiary/aromatic N) is 3. The van der Waals surface area contributed by atoms with Crippen LogP contribution in [0, 0.1) is 0 Å². The minimum atomic E-state index is -0.299. The molecule has 0 fully saturated rings. The van der Waals surface area contributed by atoms with E-state index in [1.807, 2.05) is 85.8 Å². The lowest BCUT2D eigenvalue weighted by Gasteiger charge is -2.21. The van der Waals surface area contributed by atoms with E-state index < -0.39 is 0 Å². The van der Waals surface area contributed by atoms with Crippen molar-refractivity contribution in [2.75, 3.05) is 0 Å². The first-order chi connectivity index (χ1) is 17.6. The summed E-state index contributed by atoms with van der Waals surface area (Å²) < 4.78 is 0. The lowest BCUT2D eigenvalue weighted by Crippen LogP contribution is -2.26. The second-order valence-electron chi connectivity index (χ2n) is 8.93. The molecular weight excluding hydrogens is 448 g/mol. The van der Waals surface area contributed by atoms with Crippen molar-refractivity contribution in [3.05, 3.63) is 113 Å². The Balaban J connectivity index is 1.54. The van der Waals surface area contributed by atoms with Crippen LogP contribution in [0.2, 0.25) is 0 Å². The number of benzene rings is 3. The number of amides is 1. The summed E-state index contributed by atoms with van der Waals surface area (Å²) in [5.74, 6) is -0.0836. The van der Waals surface area contributed by atoms with Gasteiger partial charge in [-0.05, 0) is 35.4 Å². The van der Waals surface area contributed by atoms with E-state index in [1.54, 1.807) is 11.2 Å². The van der Waals surface area contributed by atoms with Crippen molar-refractivity contribution in [3.63, 3.8) is 0 Å². The van der Waals surface area contributed by atoms with Crippen LogP contribution in [0.1, 0.15) is 36.9 Å². The molecule has 0 aliphatic carbocycles. The summed E-state index contributed by atoms with van der Waals surface area (Å²) >= 11 is 0. The average Bonchev–Trinajstić information content (AvgIpc) is 3.37. The third-order valence-electron chi connectivity index (χ3n) is 6.75. The number of rotatable bonds is 4. The molecule has 5 aromatic rings.